The number of aromatic nitrogens is 1. The number of piperidine rings is 1. The minimum atomic E-state index is -0.811. The van der Waals surface area contributed by atoms with Crippen molar-refractivity contribution in [2.24, 2.45) is 0 Å². The third-order valence-corrected chi connectivity index (χ3v) is 3.75. The first-order valence-corrected chi connectivity index (χ1v) is 7.72. The first kappa shape index (κ1) is 16.0. The van der Waals surface area contributed by atoms with Gasteiger partial charge in [-0.15, -0.1) is 0 Å². The Bertz CT molecular complexity index is 520. The average Bonchev–Trinajstić information content (AvgIpc) is 2.42. The maximum Gasteiger partial charge on any atom is 0.254 e. The predicted octanol–water partition coefficient (Wildman–Crippen LogP) is 2.54. The van der Waals surface area contributed by atoms with Gasteiger partial charge in [-0.1, -0.05) is 18.5 Å². The van der Waals surface area contributed by atoms with Gasteiger partial charge in [-0.05, 0) is 38.3 Å². The fourth-order valence-corrected chi connectivity index (χ4v) is 2.75. The summed E-state index contributed by atoms with van der Waals surface area (Å²) in [6.45, 7) is 5.61. The maximum atomic E-state index is 12.6. The van der Waals surface area contributed by atoms with Gasteiger partial charge in [0.05, 0.1) is 5.60 Å². The molecule has 0 saturated carbocycles. The number of hydrogen-bond acceptors (Lipinski definition) is 4. The number of nitrogens with zero attached hydrogens (tertiary/aromatic N) is 2. The molecule has 0 radical (unpaired) electrons. The summed E-state index contributed by atoms with van der Waals surface area (Å²) in [5, 5.41) is 13.5. The minimum Gasteiger partial charge on any atom is -0.388 e. The molecule has 1 aromatic heterocycles. The van der Waals surface area contributed by atoms with Crippen LogP contribution in [-0.2, 0) is 0 Å². The highest BCUT2D eigenvalue weighted by molar-refractivity contribution is 6.29. The highest BCUT2D eigenvalue weighted by Crippen LogP contribution is 2.23. The Morgan fingerprint density at radius 2 is 2.33 bits per heavy atom. The Morgan fingerprint density at radius 3 is 3.00 bits per heavy atom. The lowest BCUT2D eigenvalue weighted by Crippen LogP contribution is -2.48. The standard InChI is InChI=1S/C15H22ClN3O2/c1-3-6-17-13-9-11(8-12(16)18-13)14(20)19-7-4-5-15(2,21)10-19/h8-9,21H,3-7,10H2,1-2H3,(H,17,18). The van der Waals surface area contributed by atoms with Crippen LogP contribution in [0.2, 0.25) is 5.15 Å². The molecule has 0 bridgehead atoms. The van der Waals surface area contributed by atoms with Crippen molar-refractivity contribution < 1.29 is 9.90 Å². The highest BCUT2D eigenvalue weighted by Gasteiger charge is 2.31. The van der Waals surface area contributed by atoms with E-state index in [9.17, 15) is 9.90 Å². The lowest BCUT2D eigenvalue weighted by Gasteiger charge is -2.36. The summed E-state index contributed by atoms with van der Waals surface area (Å²) < 4.78 is 0. The van der Waals surface area contributed by atoms with E-state index in [0.717, 1.165) is 25.8 Å². The Kier molecular flexibility index (Phi) is 5.06. The number of halogens is 1. The van der Waals surface area contributed by atoms with E-state index in [4.69, 9.17) is 11.6 Å². The van der Waals surface area contributed by atoms with Crippen molar-refractivity contribution >= 4 is 23.3 Å². The van der Waals surface area contributed by atoms with Gasteiger partial charge in [0.2, 0.25) is 0 Å². The van der Waals surface area contributed by atoms with E-state index in [1.165, 1.54) is 0 Å². The molecule has 0 aliphatic carbocycles. The van der Waals surface area contributed by atoms with Crippen LogP contribution in [0.3, 0.4) is 0 Å². The van der Waals surface area contributed by atoms with Crippen LogP contribution < -0.4 is 5.32 Å². The monoisotopic (exact) mass is 311 g/mol. The van der Waals surface area contributed by atoms with Crippen LogP contribution in [-0.4, -0.2) is 46.1 Å². The van der Waals surface area contributed by atoms with E-state index in [1.807, 2.05) is 0 Å². The number of likely N-dealkylation sites (tertiary alicyclic amines) is 1. The fourth-order valence-electron chi connectivity index (χ4n) is 2.54. The van der Waals surface area contributed by atoms with E-state index in [0.29, 0.717) is 29.6 Å². The van der Waals surface area contributed by atoms with Crippen LogP contribution in [0.25, 0.3) is 0 Å². The van der Waals surface area contributed by atoms with Crippen molar-refractivity contribution in [3.8, 4) is 0 Å². The number of nitrogens with one attached hydrogen (secondary N) is 1. The Balaban J connectivity index is 2.16. The normalized spacial score (nSPS) is 22.2. The second-order valence-electron chi connectivity index (χ2n) is 5.82. The average molecular weight is 312 g/mol. The molecule has 1 atom stereocenters. The van der Waals surface area contributed by atoms with E-state index in [1.54, 1.807) is 24.0 Å². The molecule has 1 saturated heterocycles. The van der Waals surface area contributed by atoms with Crippen LogP contribution in [0.1, 0.15) is 43.5 Å². The van der Waals surface area contributed by atoms with Gasteiger partial charge in [0.25, 0.3) is 5.91 Å². The summed E-state index contributed by atoms with van der Waals surface area (Å²) in [5.74, 6) is 0.496. The molecule has 0 aromatic carbocycles. The molecular formula is C15H22ClN3O2. The van der Waals surface area contributed by atoms with Gasteiger partial charge < -0.3 is 15.3 Å². The molecule has 1 aliphatic rings. The number of carbonyl (C=O) groups excluding carboxylic acids is 1. The largest absolute Gasteiger partial charge is 0.388 e. The smallest absolute Gasteiger partial charge is 0.254 e. The van der Waals surface area contributed by atoms with E-state index in [2.05, 4.69) is 17.2 Å². The summed E-state index contributed by atoms with van der Waals surface area (Å²) in [5.41, 5.74) is -0.306. The van der Waals surface area contributed by atoms with Gasteiger partial charge in [-0.3, -0.25) is 4.79 Å². The first-order chi connectivity index (χ1) is 9.91. The first-order valence-electron chi connectivity index (χ1n) is 7.34. The molecule has 2 N–H and O–H groups in total. The number of pyridine rings is 1. The van der Waals surface area contributed by atoms with Crippen LogP contribution in [0, 0.1) is 0 Å². The van der Waals surface area contributed by atoms with E-state index >= 15 is 0 Å². The fraction of sp³-hybridized carbons (Fsp3) is 0.600. The Labute approximate surface area is 130 Å². The van der Waals surface area contributed by atoms with Crippen molar-refractivity contribution in [2.75, 3.05) is 25.0 Å². The van der Waals surface area contributed by atoms with Gasteiger partial charge in [0.15, 0.2) is 0 Å². The zero-order valence-electron chi connectivity index (χ0n) is 12.5. The van der Waals surface area contributed by atoms with Crippen molar-refractivity contribution in [1.29, 1.82) is 0 Å². The van der Waals surface area contributed by atoms with Crippen LogP contribution in [0.15, 0.2) is 12.1 Å². The molecule has 2 heterocycles. The summed E-state index contributed by atoms with van der Waals surface area (Å²) in [4.78, 5) is 18.4. The summed E-state index contributed by atoms with van der Waals surface area (Å²) >= 11 is 6.00. The number of anilines is 1. The molecular weight excluding hydrogens is 290 g/mol. The molecule has 21 heavy (non-hydrogen) atoms. The van der Waals surface area contributed by atoms with Crippen molar-refractivity contribution in [3.63, 3.8) is 0 Å². The number of aliphatic hydroxyl groups is 1. The lowest BCUT2D eigenvalue weighted by atomic mass is 9.95. The molecule has 2 rings (SSSR count). The van der Waals surface area contributed by atoms with Crippen LogP contribution in [0.4, 0.5) is 5.82 Å². The van der Waals surface area contributed by atoms with Crippen molar-refractivity contribution in [1.82, 2.24) is 9.88 Å². The van der Waals surface area contributed by atoms with Gasteiger partial charge in [0, 0.05) is 25.2 Å². The van der Waals surface area contributed by atoms with Crippen molar-refractivity contribution in [2.45, 2.75) is 38.7 Å². The molecule has 5 nitrogen and oxygen atoms in total. The molecule has 1 aliphatic heterocycles. The number of rotatable bonds is 4. The van der Waals surface area contributed by atoms with Gasteiger partial charge in [-0.2, -0.15) is 0 Å². The molecule has 116 valence electrons. The lowest BCUT2D eigenvalue weighted by molar-refractivity contribution is -0.0107. The molecule has 0 spiro atoms. The van der Waals surface area contributed by atoms with Crippen LogP contribution in [0.5, 0.6) is 0 Å². The zero-order chi connectivity index (χ0) is 15.5. The quantitative estimate of drug-likeness (QED) is 0.839. The summed E-state index contributed by atoms with van der Waals surface area (Å²) in [7, 11) is 0. The van der Waals surface area contributed by atoms with Gasteiger partial charge in [-0.25, -0.2) is 4.98 Å². The second kappa shape index (κ2) is 6.62. The third kappa shape index (κ3) is 4.32. The van der Waals surface area contributed by atoms with E-state index in [-0.39, 0.29) is 5.91 Å². The van der Waals surface area contributed by atoms with Crippen LogP contribution >= 0.6 is 11.6 Å². The molecule has 6 heteroatoms. The van der Waals surface area contributed by atoms with Gasteiger partial charge in [0.1, 0.15) is 11.0 Å². The SMILES string of the molecule is CCCNc1cc(C(=O)N2CCCC(C)(O)C2)cc(Cl)n1. The molecule has 1 fully saturated rings. The highest BCUT2D eigenvalue weighted by atomic mass is 35.5. The minimum absolute atomic E-state index is 0.112. The maximum absolute atomic E-state index is 12.6. The Morgan fingerprint density at radius 1 is 1.57 bits per heavy atom. The number of hydrogen-bond donors (Lipinski definition) is 2. The molecule has 1 aromatic rings. The van der Waals surface area contributed by atoms with Gasteiger partial charge >= 0.3 is 0 Å². The number of β-amino-alcohol motifs (C(OH)–C–C–N with tert-alkyl or cyclic N) is 1. The summed E-state index contributed by atoms with van der Waals surface area (Å²) in [6.07, 6.45) is 2.49. The topological polar surface area (TPSA) is 65.5 Å². The molecule has 1 amide bonds. The second-order valence-corrected chi connectivity index (χ2v) is 6.21. The number of carbonyl (C=O) groups is 1. The number of amides is 1. The van der Waals surface area contributed by atoms with E-state index < -0.39 is 5.60 Å². The zero-order valence-corrected chi connectivity index (χ0v) is 13.3. The Hall–Kier alpha value is -1.33. The predicted molar refractivity (Wildman–Crippen MR) is 83.8 cm³/mol. The summed E-state index contributed by atoms with van der Waals surface area (Å²) in [6, 6.07) is 3.29. The van der Waals surface area contributed by atoms with Crippen molar-refractivity contribution in [3.05, 3.63) is 22.8 Å². The molecule has 1 unspecified atom stereocenters. The third-order valence-electron chi connectivity index (χ3n) is 3.56.